The van der Waals surface area contributed by atoms with Gasteiger partial charge in [0.05, 0.1) is 13.2 Å². The van der Waals surface area contributed by atoms with Crippen LogP contribution in [0, 0.1) is 5.92 Å². The van der Waals surface area contributed by atoms with Crippen LogP contribution in [0.15, 0.2) is 79.1 Å². The minimum atomic E-state index is 0.150. The van der Waals surface area contributed by atoms with Gasteiger partial charge in [-0.15, -0.1) is 0 Å². The molecular weight excluding hydrogens is 460 g/mol. The van der Waals surface area contributed by atoms with Crippen LogP contribution in [0.3, 0.4) is 0 Å². The van der Waals surface area contributed by atoms with E-state index in [1.165, 1.54) is 16.8 Å². The lowest BCUT2D eigenvalue weighted by Crippen LogP contribution is -2.46. The Morgan fingerprint density at radius 2 is 1.59 bits per heavy atom. The monoisotopic (exact) mass is 498 g/mol. The molecule has 2 aliphatic heterocycles. The summed E-state index contributed by atoms with van der Waals surface area (Å²) >= 11 is 0. The first-order valence-corrected chi connectivity index (χ1v) is 13.5. The molecule has 2 aromatic carbocycles. The lowest BCUT2D eigenvalue weighted by Gasteiger charge is -2.40. The number of aromatic nitrogens is 1. The van der Waals surface area contributed by atoms with E-state index >= 15 is 0 Å². The fourth-order valence-corrected chi connectivity index (χ4v) is 5.74. The molecule has 1 aromatic heterocycles. The highest BCUT2D eigenvalue weighted by atomic mass is 16.5. The molecule has 0 N–H and O–H groups in total. The van der Waals surface area contributed by atoms with Gasteiger partial charge in [0.2, 0.25) is 0 Å². The van der Waals surface area contributed by atoms with Crippen LogP contribution in [-0.4, -0.2) is 73.2 Å². The second-order valence-corrected chi connectivity index (χ2v) is 10.3. The maximum Gasteiger partial charge on any atom is 0.253 e. The van der Waals surface area contributed by atoms with Crippen LogP contribution in [0.5, 0.6) is 0 Å². The van der Waals surface area contributed by atoms with Gasteiger partial charge in [-0.1, -0.05) is 30.3 Å². The Morgan fingerprint density at radius 1 is 0.919 bits per heavy atom. The summed E-state index contributed by atoms with van der Waals surface area (Å²) in [5, 5.41) is 0. The van der Waals surface area contributed by atoms with Crippen molar-refractivity contribution < 1.29 is 9.53 Å². The van der Waals surface area contributed by atoms with Crippen LogP contribution in [0.4, 0.5) is 5.69 Å². The maximum atomic E-state index is 13.3. The molecule has 0 radical (unpaired) electrons. The summed E-state index contributed by atoms with van der Waals surface area (Å²) in [4.78, 5) is 24.3. The van der Waals surface area contributed by atoms with Crippen molar-refractivity contribution >= 4 is 11.6 Å². The first-order chi connectivity index (χ1) is 18.2. The zero-order valence-electron chi connectivity index (χ0n) is 21.8. The molecule has 0 bridgehead atoms. The fourth-order valence-electron chi connectivity index (χ4n) is 5.74. The third kappa shape index (κ3) is 6.56. The SMILES string of the molecule is CN(Cc1ccncc1)C(Cc1ccccc1)C1CCN(C(=O)c2ccc(N3CCOCC3)cc2)CC1. The molecule has 5 rings (SSSR count). The molecule has 2 aliphatic rings. The zero-order chi connectivity index (χ0) is 25.5. The van der Waals surface area contributed by atoms with E-state index in [4.69, 9.17) is 4.74 Å². The van der Waals surface area contributed by atoms with Gasteiger partial charge in [-0.2, -0.15) is 0 Å². The number of likely N-dealkylation sites (tertiary alicyclic amines) is 1. The number of piperidine rings is 1. The molecule has 1 amide bonds. The molecule has 3 heterocycles. The average molecular weight is 499 g/mol. The highest BCUT2D eigenvalue weighted by molar-refractivity contribution is 5.94. The first kappa shape index (κ1) is 25.4. The van der Waals surface area contributed by atoms with Gasteiger partial charge in [-0.25, -0.2) is 0 Å². The summed E-state index contributed by atoms with van der Waals surface area (Å²) in [6, 6.07) is 23.5. The van der Waals surface area contributed by atoms with E-state index in [0.717, 1.165) is 70.8 Å². The molecule has 1 atom stereocenters. The number of morpholine rings is 1. The largest absolute Gasteiger partial charge is 0.378 e. The van der Waals surface area contributed by atoms with E-state index in [1.54, 1.807) is 0 Å². The minimum Gasteiger partial charge on any atom is -0.378 e. The van der Waals surface area contributed by atoms with E-state index < -0.39 is 0 Å². The van der Waals surface area contributed by atoms with Crippen molar-refractivity contribution in [2.24, 2.45) is 5.92 Å². The lowest BCUT2D eigenvalue weighted by molar-refractivity contribution is 0.0603. The van der Waals surface area contributed by atoms with Crippen molar-refractivity contribution in [2.75, 3.05) is 51.3 Å². The normalized spacial score (nSPS) is 17.7. The van der Waals surface area contributed by atoms with Gasteiger partial charge in [0, 0.05) is 62.4 Å². The number of pyridine rings is 1. The summed E-state index contributed by atoms with van der Waals surface area (Å²) in [6.45, 7) is 5.85. The molecule has 0 spiro atoms. The summed E-state index contributed by atoms with van der Waals surface area (Å²) in [5.41, 5.74) is 4.60. The van der Waals surface area contributed by atoms with Crippen molar-refractivity contribution in [3.05, 3.63) is 95.8 Å². The van der Waals surface area contributed by atoms with Gasteiger partial charge in [0.15, 0.2) is 0 Å². The summed E-state index contributed by atoms with van der Waals surface area (Å²) in [7, 11) is 2.24. The molecule has 3 aromatic rings. The van der Waals surface area contributed by atoms with Gasteiger partial charge in [0.1, 0.15) is 0 Å². The lowest BCUT2D eigenvalue weighted by atomic mass is 9.84. The first-order valence-electron chi connectivity index (χ1n) is 13.5. The third-order valence-electron chi connectivity index (χ3n) is 7.90. The molecule has 2 saturated heterocycles. The molecule has 0 saturated carbocycles. The molecule has 37 heavy (non-hydrogen) atoms. The number of amides is 1. The number of carbonyl (C=O) groups is 1. The zero-order valence-corrected chi connectivity index (χ0v) is 21.8. The Kier molecular flexibility index (Phi) is 8.49. The smallest absolute Gasteiger partial charge is 0.253 e. The van der Waals surface area contributed by atoms with Gasteiger partial charge in [-0.05, 0) is 79.8 Å². The van der Waals surface area contributed by atoms with Crippen molar-refractivity contribution in [3.63, 3.8) is 0 Å². The minimum absolute atomic E-state index is 0.150. The molecule has 6 nitrogen and oxygen atoms in total. The summed E-state index contributed by atoms with van der Waals surface area (Å²) < 4.78 is 5.46. The molecule has 2 fully saturated rings. The van der Waals surface area contributed by atoms with Crippen molar-refractivity contribution in [3.8, 4) is 0 Å². The quantitative estimate of drug-likeness (QED) is 0.457. The number of rotatable bonds is 8. The van der Waals surface area contributed by atoms with E-state index in [9.17, 15) is 4.79 Å². The molecular formula is C31H38N4O2. The van der Waals surface area contributed by atoms with Gasteiger partial charge < -0.3 is 14.5 Å². The number of hydrogen-bond donors (Lipinski definition) is 0. The topological polar surface area (TPSA) is 48.9 Å². The van der Waals surface area contributed by atoms with Crippen LogP contribution in [-0.2, 0) is 17.7 Å². The van der Waals surface area contributed by atoms with Crippen LogP contribution in [0.1, 0.15) is 34.3 Å². The van der Waals surface area contributed by atoms with Crippen molar-refractivity contribution in [1.82, 2.24) is 14.8 Å². The maximum absolute atomic E-state index is 13.3. The standard InChI is InChI=1S/C31H38N4O2/c1-33(24-26-11-15-32-16-12-26)30(23-25-5-3-2-4-6-25)27-13-17-35(18-14-27)31(36)28-7-9-29(10-8-28)34-19-21-37-22-20-34/h2-12,15-16,27,30H,13-14,17-24H2,1H3. The number of ether oxygens (including phenoxy) is 1. The highest BCUT2D eigenvalue weighted by Crippen LogP contribution is 2.28. The van der Waals surface area contributed by atoms with E-state index in [2.05, 4.69) is 76.4 Å². The van der Waals surface area contributed by atoms with E-state index in [1.807, 2.05) is 29.4 Å². The summed E-state index contributed by atoms with van der Waals surface area (Å²) in [6.07, 6.45) is 6.80. The van der Waals surface area contributed by atoms with Gasteiger partial charge in [-0.3, -0.25) is 14.7 Å². The van der Waals surface area contributed by atoms with Crippen LogP contribution < -0.4 is 4.90 Å². The molecule has 0 aliphatic carbocycles. The number of likely N-dealkylation sites (N-methyl/N-ethyl adjacent to an activating group) is 1. The number of carbonyl (C=O) groups excluding carboxylic acids is 1. The molecule has 6 heteroatoms. The Balaban J connectivity index is 1.22. The number of anilines is 1. The van der Waals surface area contributed by atoms with Gasteiger partial charge >= 0.3 is 0 Å². The summed E-state index contributed by atoms with van der Waals surface area (Å²) in [5.74, 6) is 0.691. The van der Waals surface area contributed by atoms with E-state index in [0.29, 0.717) is 12.0 Å². The van der Waals surface area contributed by atoms with Crippen LogP contribution in [0.25, 0.3) is 0 Å². The highest BCUT2D eigenvalue weighted by Gasteiger charge is 2.31. The van der Waals surface area contributed by atoms with Crippen LogP contribution in [0.2, 0.25) is 0 Å². The molecule has 1 unspecified atom stereocenters. The Bertz CT molecular complexity index is 1110. The van der Waals surface area contributed by atoms with Crippen molar-refractivity contribution in [1.29, 1.82) is 0 Å². The fraction of sp³-hybridized carbons (Fsp3) is 0.419. The number of nitrogens with zero attached hydrogens (tertiary/aromatic N) is 4. The third-order valence-corrected chi connectivity index (χ3v) is 7.90. The second kappa shape index (κ2) is 12.3. The average Bonchev–Trinajstić information content (AvgIpc) is 2.97. The Labute approximate surface area is 220 Å². The predicted molar refractivity (Wildman–Crippen MR) is 148 cm³/mol. The van der Waals surface area contributed by atoms with Crippen molar-refractivity contribution in [2.45, 2.75) is 31.8 Å². The van der Waals surface area contributed by atoms with Crippen LogP contribution >= 0.6 is 0 Å². The second-order valence-electron chi connectivity index (χ2n) is 10.3. The van der Waals surface area contributed by atoms with E-state index in [-0.39, 0.29) is 5.91 Å². The Hall–Kier alpha value is -3.22. The number of hydrogen-bond acceptors (Lipinski definition) is 5. The predicted octanol–water partition coefficient (Wildman–Crippen LogP) is 4.51. The number of benzene rings is 2. The molecule has 194 valence electrons. The van der Waals surface area contributed by atoms with Gasteiger partial charge in [0.25, 0.3) is 5.91 Å². The Morgan fingerprint density at radius 3 is 2.27 bits per heavy atom.